The van der Waals surface area contributed by atoms with E-state index in [1.165, 1.54) is 10.3 Å². The number of fused-ring (bicyclic) bond motifs is 1. The van der Waals surface area contributed by atoms with Gasteiger partial charge in [-0.2, -0.15) is 0 Å². The fourth-order valence-corrected chi connectivity index (χ4v) is 3.30. The molecule has 0 atom stereocenters. The van der Waals surface area contributed by atoms with Gasteiger partial charge in [0.2, 0.25) is 0 Å². The van der Waals surface area contributed by atoms with Crippen LogP contribution < -0.4 is 5.32 Å². The molecule has 0 unspecified atom stereocenters. The van der Waals surface area contributed by atoms with E-state index in [-0.39, 0.29) is 0 Å². The second-order valence-electron chi connectivity index (χ2n) is 5.44. The van der Waals surface area contributed by atoms with Crippen molar-refractivity contribution in [3.63, 3.8) is 0 Å². The highest BCUT2D eigenvalue weighted by molar-refractivity contribution is 7.15. The maximum absolute atomic E-state index is 4.72. The number of nitrogens with one attached hydrogen (secondary N) is 1. The smallest absolute Gasteiger partial charge is 0.143 e. The molecule has 0 radical (unpaired) electrons. The summed E-state index contributed by atoms with van der Waals surface area (Å²) in [6.45, 7) is 7.25. The summed E-state index contributed by atoms with van der Waals surface area (Å²) in [7, 11) is 0. The number of hydrogen-bond donors (Lipinski definition) is 1. The standard InChI is InChI=1S/C17H19N3S/c1-11(2)19-10-15-12(3)20-17(21-15)16-14-7-5-4-6-13(14)8-9-18-16/h4-9,11,19H,10H2,1-3H3. The van der Waals surface area contributed by atoms with E-state index in [0.717, 1.165) is 28.3 Å². The van der Waals surface area contributed by atoms with Crippen LogP contribution in [0.25, 0.3) is 21.5 Å². The summed E-state index contributed by atoms with van der Waals surface area (Å²) >= 11 is 1.73. The van der Waals surface area contributed by atoms with Gasteiger partial charge >= 0.3 is 0 Å². The Kier molecular flexibility index (Phi) is 3.99. The second-order valence-corrected chi connectivity index (χ2v) is 6.53. The fraction of sp³-hybridized carbons (Fsp3) is 0.294. The summed E-state index contributed by atoms with van der Waals surface area (Å²) in [4.78, 5) is 10.6. The number of rotatable bonds is 4. The van der Waals surface area contributed by atoms with Crippen LogP contribution in [-0.2, 0) is 6.54 Å². The van der Waals surface area contributed by atoms with Crippen molar-refractivity contribution in [3.8, 4) is 10.7 Å². The number of aromatic nitrogens is 2. The lowest BCUT2D eigenvalue weighted by Crippen LogP contribution is -2.21. The van der Waals surface area contributed by atoms with Gasteiger partial charge in [-0.05, 0) is 18.4 Å². The van der Waals surface area contributed by atoms with Crippen molar-refractivity contribution >= 4 is 22.1 Å². The van der Waals surface area contributed by atoms with Gasteiger partial charge in [0, 0.05) is 29.0 Å². The van der Waals surface area contributed by atoms with E-state index in [1.54, 1.807) is 11.3 Å². The molecule has 0 bridgehead atoms. The number of nitrogens with zero attached hydrogens (tertiary/aromatic N) is 2. The summed E-state index contributed by atoms with van der Waals surface area (Å²) in [5.41, 5.74) is 2.08. The Morgan fingerprint density at radius 1 is 1.19 bits per heavy atom. The summed E-state index contributed by atoms with van der Waals surface area (Å²) < 4.78 is 0. The van der Waals surface area contributed by atoms with E-state index in [4.69, 9.17) is 4.98 Å². The maximum atomic E-state index is 4.72. The highest BCUT2D eigenvalue weighted by Gasteiger charge is 2.13. The minimum Gasteiger partial charge on any atom is -0.310 e. The van der Waals surface area contributed by atoms with Gasteiger partial charge in [0.25, 0.3) is 0 Å². The molecule has 0 amide bonds. The Balaban J connectivity index is 2.01. The van der Waals surface area contributed by atoms with Crippen LogP contribution >= 0.6 is 11.3 Å². The first-order valence-corrected chi connectivity index (χ1v) is 8.00. The van der Waals surface area contributed by atoms with Crippen molar-refractivity contribution in [2.24, 2.45) is 0 Å². The Morgan fingerprint density at radius 2 is 2.00 bits per heavy atom. The highest BCUT2D eigenvalue weighted by atomic mass is 32.1. The molecule has 3 aromatic rings. The Labute approximate surface area is 129 Å². The molecule has 4 heteroatoms. The predicted octanol–water partition coefficient (Wildman–Crippen LogP) is 4.16. The minimum atomic E-state index is 0.477. The summed E-state index contributed by atoms with van der Waals surface area (Å²) in [6, 6.07) is 10.8. The lowest BCUT2D eigenvalue weighted by atomic mass is 10.1. The molecule has 0 aliphatic carbocycles. The molecule has 2 aromatic heterocycles. The molecular formula is C17H19N3S. The van der Waals surface area contributed by atoms with Crippen LogP contribution in [0.3, 0.4) is 0 Å². The normalized spacial score (nSPS) is 11.4. The van der Waals surface area contributed by atoms with Crippen LogP contribution in [0.15, 0.2) is 36.5 Å². The van der Waals surface area contributed by atoms with Gasteiger partial charge in [0.05, 0.1) is 5.69 Å². The molecular weight excluding hydrogens is 278 g/mol. The molecule has 1 N–H and O–H groups in total. The van der Waals surface area contributed by atoms with E-state index in [2.05, 4.69) is 55.3 Å². The van der Waals surface area contributed by atoms with E-state index in [9.17, 15) is 0 Å². The van der Waals surface area contributed by atoms with Crippen molar-refractivity contribution in [1.82, 2.24) is 15.3 Å². The molecule has 0 fully saturated rings. The average molecular weight is 297 g/mol. The van der Waals surface area contributed by atoms with Gasteiger partial charge in [-0.25, -0.2) is 4.98 Å². The number of pyridine rings is 1. The van der Waals surface area contributed by atoms with Crippen molar-refractivity contribution < 1.29 is 0 Å². The monoisotopic (exact) mass is 297 g/mol. The third kappa shape index (κ3) is 2.96. The molecule has 1 aromatic carbocycles. The van der Waals surface area contributed by atoms with Gasteiger partial charge in [0.1, 0.15) is 10.7 Å². The zero-order chi connectivity index (χ0) is 14.8. The van der Waals surface area contributed by atoms with E-state index >= 15 is 0 Å². The van der Waals surface area contributed by atoms with Gasteiger partial charge < -0.3 is 5.32 Å². The van der Waals surface area contributed by atoms with Gasteiger partial charge in [-0.15, -0.1) is 11.3 Å². The molecule has 0 spiro atoms. The van der Waals surface area contributed by atoms with Crippen molar-refractivity contribution in [2.75, 3.05) is 0 Å². The number of thiazole rings is 1. The van der Waals surface area contributed by atoms with Gasteiger partial charge in [-0.3, -0.25) is 4.98 Å². The summed E-state index contributed by atoms with van der Waals surface area (Å²) in [6.07, 6.45) is 1.86. The quantitative estimate of drug-likeness (QED) is 0.785. The second kappa shape index (κ2) is 5.92. The molecule has 0 aliphatic rings. The first-order valence-electron chi connectivity index (χ1n) is 7.19. The third-order valence-corrected chi connectivity index (χ3v) is 4.60. The minimum absolute atomic E-state index is 0.477. The first kappa shape index (κ1) is 14.2. The highest BCUT2D eigenvalue weighted by Crippen LogP contribution is 2.31. The fourth-order valence-electron chi connectivity index (χ4n) is 2.28. The number of benzene rings is 1. The molecule has 21 heavy (non-hydrogen) atoms. The Morgan fingerprint density at radius 3 is 2.81 bits per heavy atom. The zero-order valence-electron chi connectivity index (χ0n) is 12.6. The van der Waals surface area contributed by atoms with Crippen LogP contribution in [-0.4, -0.2) is 16.0 Å². The molecule has 2 heterocycles. The summed E-state index contributed by atoms with van der Waals surface area (Å²) in [5.74, 6) is 0. The number of hydrogen-bond acceptors (Lipinski definition) is 4. The van der Waals surface area contributed by atoms with Crippen LogP contribution in [0.1, 0.15) is 24.4 Å². The number of aryl methyl sites for hydroxylation is 1. The van der Waals surface area contributed by atoms with Crippen LogP contribution in [0, 0.1) is 6.92 Å². The largest absolute Gasteiger partial charge is 0.310 e. The molecule has 0 saturated carbocycles. The van der Waals surface area contributed by atoms with E-state index < -0.39 is 0 Å². The summed E-state index contributed by atoms with van der Waals surface area (Å²) in [5, 5.41) is 6.83. The van der Waals surface area contributed by atoms with Crippen molar-refractivity contribution in [1.29, 1.82) is 0 Å². The van der Waals surface area contributed by atoms with Crippen LogP contribution in [0.2, 0.25) is 0 Å². The molecule has 3 rings (SSSR count). The van der Waals surface area contributed by atoms with Crippen LogP contribution in [0.4, 0.5) is 0 Å². The Hall–Kier alpha value is -1.78. The lowest BCUT2D eigenvalue weighted by Gasteiger charge is -2.05. The topological polar surface area (TPSA) is 37.8 Å². The predicted molar refractivity (Wildman–Crippen MR) is 89.6 cm³/mol. The Bertz CT molecular complexity index is 756. The van der Waals surface area contributed by atoms with Gasteiger partial charge in [-0.1, -0.05) is 38.1 Å². The molecule has 3 nitrogen and oxygen atoms in total. The van der Waals surface area contributed by atoms with Crippen molar-refractivity contribution in [3.05, 3.63) is 47.1 Å². The SMILES string of the molecule is Cc1nc(-c2nccc3ccccc23)sc1CNC(C)C. The average Bonchev–Trinajstić information content (AvgIpc) is 2.85. The maximum Gasteiger partial charge on any atom is 0.143 e. The van der Waals surface area contributed by atoms with Gasteiger partial charge in [0.15, 0.2) is 0 Å². The first-order chi connectivity index (χ1) is 10.1. The van der Waals surface area contributed by atoms with E-state index in [1.807, 2.05) is 12.3 Å². The molecule has 108 valence electrons. The van der Waals surface area contributed by atoms with Crippen LogP contribution in [0.5, 0.6) is 0 Å². The third-order valence-electron chi connectivity index (χ3n) is 3.44. The van der Waals surface area contributed by atoms with E-state index in [0.29, 0.717) is 6.04 Å². The lowest BCUT2D eigenvalue weighted by molar-refractivity contribution is 0.591. The van der Waals surface area contributed by atoms with Crippen molar-refractivity contribution in [2.45, 2.75) is 33.4 Å². The zero-order valence-corrected chi connectivity index (χ0v) is 13.4. The molecule has 0 saturated heterocycles. The molecule has 0 aliphatic heterocycles.